The Morgan fingerprint density at radius 1 is 1.30 bits per heavy atom. The fraction of sp³-hybridized carbons (Fsp3) is 0.647. The summed E-state index contributed by atoms with van der Waals surface area (Å²) in [4.78, 5) is 2.53. The van der Waals surface area contributed by atoms with Gasteiger partial charge in [-0.25, -0.2) is 0 Å². The van der Waals surface area contributed by atoms with Crippen LogP contribution in [0.5, 0.6) is 0 Å². The summed E-state index contributed by atoms with van der Waals surface area (Å²) in [6, 6.07) is 9.18. The predicted octanol–water partition coefficient (Wildman–Crippen LogP) is 2.58. The molecular weight excluding hydrogens is 248 g/mol. The molecule has 0 bridgehead atoms. The molecule has 0 fully saturated rings. The van der Waals surface area contributed by atoms with Crippen LogP contribution in [0.25, 0.3) is 0 Å². The minimum absolute atomic E-state index is 0.115. The van der Waals surface area contributed by atoms with Gasteiger partial charge in [-0.15, -0.1) is 0 Å². The molecule has 1 aliphatic rings. The first-order valence-corrected chi connectivity index (χ1v) is 7.62. The van der Waals surface area contributed by atoms with E-state index in [0.717, 1.165) is 19.5 Å². The zero-order valence-electron chi connectivity index (χ0n) is 13.1. The lowest BCUT2D eigenvalue weighted by molar-refractivity contribution is -0.00868. The van der Waals surface area contributed by atoms with E-state index in [0.29, 0.717) is 12.6 Å². The molecule has 2 rings (SSSR count). The van der Waals surface area contributed by atoms with Crippen molar-refractivity contribution < 1.29 is 4.74 Å². The van der Waals surface area contributed by atoms with Crippen molar-refractivity contribution in [2.75, 3.05) is 20.2 Å². The first kappa shape index (κ1) is 15.5. The summed E-state index contributed by atoms with van der Waals surface area (Å²) in [5.74, 6) is 0. The van der Waals surface area contributed by atoms with Crippen LogP contribution in [0.3, 0.4) is 0 Å². The van der Waals surface area contributed by atoms with Gasteiger partial charge >= 0.3 is 0 Å². The SMILES string of the molecule is COC(C)(C)CC(CN)N1CCCc2ccccc2C1. The molecule has 0 saturated heterocycles. The number of ether oxygens (including phenoxy) is 1. The lowest BCUT2D eigenvalue weighted by Gasteiger charge is -2.35. The highest BCUT2D eigenvalue weighted by molar-refractivity contribution is 5.28. The van der Waals surface area contributed by atoms with Crippen molar-refractivity contribution >= 4 is 0 Å². The predicted molar refractivity (Wildman–Crippen MR) is 83.7 cm³/mol. The molecule has 0 amide bonds. The van der Waals surface area contributed by atoms with Gasteiger partial charge in [-0.05, 0) is 50.8 Å². The third-order valence-corrected chi connectivity index (χ3v) is 4.45. The zero-order chi connectivity index (χ0) is 14.6. The second-order valence-corrected chi connectivity index (χ2v) is 6.40. The molecule has 0 aromatic heterocycles. The highest BCUT2D eigenvalue weighted by Crippen LogP contribution is 2.24. The Morgan fingerprint density at radius 2 is 2.00 bits per heavy atom. The van der Waals surface area contributed by atoms with Gasteiger partial charge in [-0.1, -0.05) is 24.3 Å². The van der Waals surface area contributed by atoms with E-state index in [1.165, 1.54) is 24.0 Å². The Bertz CT molecular complexity index is 431. The second-order valence-electron chi connectivity index (χ2n) is 6.40. The highest BCUT2D eigenvalue weighted by atomic mass is 16.5. The molecule has 20 heavy (non-hydrogen) atoms. The summed E-state index contributed by atoms with van der Waals surface area (Å²) in [6.07, 6.45) is 3.36. The highest BCUT2D eigenvalue weighted by Gasteiger charge is 2.27. The molecule has 1 aromatic carbocycles. The van der Waals surface area contributed by atoms with Gasteiger partial charge in [-0.3, -0.25) is 4.90 Å². The number of aryl methyl sites for hydroxylation is 1. The second kappa shape index (κ2) is 6.70. The van der Waals surface area contributed by atoms with E-state index in [1.807, 2.05) is 0 Å². The van der Waals surface area contributed by atoms with Crippen molar-refractivity contribution in [3.8, 4) is 0 Å². The van der Waals surface area contributed by atoms with Crippen molar-refractivity contribution in [1.82, 2.24) is 4.90 Å². The Labute approximate surface area is 123 Å². The van der Waals surface area contributed by atoms with Crippen LogP contribution in [0.2, 0.25) is 0 Å². The van der Waals surface area contributed by atoms with E-state index in [-0.39, 0.29) is 5.60 Å². The molecule has 3 heteroatoms. The molecule has 0 saturated carbocycles. The maximum atomic E-state index is 6.04. The maximum Gasteiger partial charge on any atom is 0.0638 e. The minimum atomic E-state index is -0.115. The lowest BCUT2D eigenvalue weighted by atomic mass is 9.97. The van der Waals surface area contributed by atoms with Crippen LogP contribution in [0.4, 0.5) is 0 Å². The van der Waals surface area contributed by atoms with E-state index in [1.54, 1.807) is 7.11 Å². The summed E-state index contributed by atoms with van der Waals surface area (Å²) < 4.78 is 5.58. The number of rotatable bonds is 5. The monoisotopic (exact) mass is 276 g/mol. The minimum Gasteiger partial charge on any atom is -0.379 e. The third-order valence-electron chi connectivity index (χ3n) is 4.45. The average Bonchev–Trinajstić information content (AvgIpc) is 2.67. The largest absolute Gasteiger partial charge is 0.379 e. The average molecular weight is 276 g/mol. The Balaban J connectivity index is 2.11. The van der Waals surface area contributed by atoms with Gasteiger partial charge in [0.15, 0.2) is 0 Å². The van der Waals surface area contributed by atoms with Crippen LogP contribution in [0.15, 0.2) is 24.3 Å². The standard InChI is InChI=1S/C17H28N2O/c1-17(2,20-3)11-16(12-18)19-10-6-9-14-7-4-5-8-15(14)13-19/h4-5,7-8,16H,6,9-13,18H2,1-3H3. The molecule has 3 nitrogen and oxygen atoms in total. The van der Waals surface area contributed by atoms with Crippen molar-refractivity contribution in [2.45, 2.75) is 51.3 Å². The van der Waals surface area contributed by atoms with Crippen LogP contribution in [-0.2, 0) is 17.7 Å². The summed E-state index contributed by atoms with van der Waals surface area (Å²) in [5, 5.41) is 0. The summed E-state index contributed by atoms with van der Waals surface area (Å²) >= 11 is 0. The van der Waals surface area contributed by atoms with Gasteiger partial charge in [0.25, 0.3) is 0 Å². The number of nitrogens with two attached hydrogens (primary N) is 1. The summed E-state index contributed by atoms with van der Waals surface area (Å²) in [5.41, 5.74) is 8.88. The first-order chi connectivity index (χ1) is 9.55. The number of fused-ring (bicyclic) bond motifs is 1. The maximum absolute atomic E-state index is 6.04. The number of benzene rings is 1. The van der Waals surface area contributed by atoms with Crippen LogP contribution >= 0.6 is 0 Å². The third kappa shape index (κ3) is 3.81. The fourth-order valence-electron chi connectivity index (χ4n) is 3.05. The molecule has 2 N–H and O–H groups in total. The number of methoxy groups -OCH3 is 1. The molecule has 1 aliphatic heterocycles. The van der Waals surface area contributed by atoms with E-state index in [9.17, 15) is 0 Å². The first-order valence-electron chi connectivity index (χ1n) is 7.62. The molecule has 1 aromatic rings. The normalized spacial score (nSPS) is 18.4. The Kier molecular flexibility index (Phi) is 5.19. The lowest BCUT2D eigenvalue weighted by Crippen LogP contribution is -2.45. The molecule has 112 valence electrons. The van der Waals surface area contributed by atoms with Gasteiger partial charge in [0.2, 0.25) is 0 Å². The van der Waals surface area contributed by atoms with Crippen molar-refractivity contribution in [1.29, 1.82) is 0 Å². The zero-order valence-corrected chi connectivity index (χ0v) is 13.1. The van der Waals surface area contributed by atoms with Gasteiger partial charge < -0.3 is 10.5 Å². The van der Waals surface area contributed by atoms with Gasteiger partial charge in [0.1, 0.15) is 0 Å². The molecule has 0 aliphatic carbocycles. The van der Waals surface area contributed by atoms with E-state index in [2.05, 4.69) is 43.0 Å². The van der Waals surface area contributed by atoms with Gasteiger partial charge in [0.05, 0.1) is 5.60 Å². The Morgan fingerprint density at radius 3 is 2.65 bits per heavy atom. The van der Waals surface area contributed by atoms with Gasteiger partial charge in [0, 0.05) is 26.2 Å². The quantitative estimate of drug-likeness (QED) is 0.898. The summed E-state index contributed by atoms with van der Waals surface area (Å²) in [7, 11) is 1.78. The number of nitrogens with zero attached hydrogens (tertiary/aromatic N) is 1. The molecule has 1 unspecified atom stereocenters. The fourth-order valence-corrected chi connectivity index (χ4v) is 3.05. The van der Waals surface area contributed by atoms with Crippen LogP contribution in [0.1, 0.15) is 37.8 Å². The smallest absolute Gasteiger partial charge is 0.0638 e. The van der Waals surface area contributed by atoms with E-state index in [4.69, 9.17) is 10.5 Å². The summed E-state index contributed by atoms with van der Waals surface area (Å²) in [6.45, 7) is 7.10. The Hall–Kier alpha value is -0.900. The molecule has 0 radical (unpaired) electrons. The van der Waals surface area contributed by atoms with Gasteiger partial charge in [-0.2, -0.15) is 0 Å². The van der Waals surface area contributed by atoms with E-state index >= 15 is 0 Å². The van der Waals surface area contributed by atoms with Crippen molar-refractivity contribution in [2.24, 2.45) is 5.73 Å². The van der Waals surface area contributed by atoms with E-state index < -0.39 is 0 Å². The van der Waals surface area contributed by atoms with Crippen molar-refractivity contribution in [3.63, 3.8) is 0 Å². The van der Waals surface area contributed by atoms with Crippen molar-refractivity contribution in [3.05, 3.63) is 35.4 Å². The van der Waals surface area contributed by atoms with Crippen LogP contribution < -0.4 is 5.73 Å². The molecule has 0 spiro atoms. The molecular formula is C17H28N2O. The molecule has 1 atom stereocenters. The molecule has 1 heterocycles. The van der Waals surface area contributed by atoms with Crippen LogP contribution in [-0.4, -0.2) is 36.7 Å². The van der Waals surface area contributed by atoms with Crippen LogP contribution in [0, 0.1) is 0 Å². The number of hydrogen-bond donors (Lipinski definition) is 1. The topological polar surface area (TPSA) is 38.5 Å². The number of hydrogen-bond acceptors (Lipinski definition) is 3.